The predicted octanol–water partition coefficient (Wildman–Crippen LogP) is 31.8. The number of aryl methyl sites for hydroxylation is 1. The lowest BCUT2D eigenvalue weighted by Crippen LogP contribution is -2.29. The van der Waals surface area contributed by atoms with Gasteiger partial charge in [0.1, 0.15) is 0 Å². The van der Waals surface area contributed by atoms with E-state index in [1.54, 1.807) is 0 Å². The molecule has 0 saturated carbocycles. The Balaban J connectivity index is 0.000000150. The lowest BCUT2D eigenvalue weighted by molar-refractivity contribution is 0.654. The Morgan fingerprint density at radius 2 is 0.836 bits per heavy atom. The quantitative estimate of drug-likeness (QED) is 0.0746. The molecule has 1 unspecified atom stereocenters. The average molecular weight is 1560 g/mol. The van der Waals surface area contributed by atoms with Crippen LogP contribution in [0.3, 0.4) is 0 Å². The van der Waals surface area contributed by atoms with Crippen molar-refractivity contribution >= 4 is 84.2 Å². The maximum Gasteiger partial charge on any atom is 0.0714 e. The molecular formula is C120H94N2. The van der Waals surface area contributed by atoms with Crippen LogP contribution in [0.5, 0.6) is 0 Å². The fourth-order valence-electron chi connectivity index (χ4n) is 21.7. The van der Waals surface area contributed by atoms with E-state index in [9.17, 15) is 0 Å². The first-order valence-electron chi connectivity index (χ1n) is 43.2. The summed E-state index contributed by atoms with van der Waals surface area (Å²) in [5, 5.41) is 7.55. The highest BCUT2D eigenvalue weighted by atomic mass is 15.1. The van der Waals surface area contributed by atoms with E-state index in [2.05, 4.69) is 477 Å². The number of hydrogen-bond donors (Lipinski definition) is 0. The van der Waals surface area contributed by atoms with Gasteiger partial charge < -0.3 is 9.80 Å². The first-order valence-corrected chi connectivity index (χ1v) is 43.2. The van der Waals surface area contributed by atoms with Crippen LogP contribution < -0.4 is 9.80 Å². The highest BCUT2D eigenvalue weighted by Gasteiger charge is 2.49. The molecular weight excluding hydrogens is 1470 g/mol. The van der Waals surface area contributed by atoms with Gasteiger partial charge in [-0.2, -0.15) is 0 Å². The van der Waals surface area contributed by atoms with Crippen molar-refractivity contribution in [2.45, 2.75) is 76.0 Å². The average Bonchev–Trinajstić information content (AvgIpc) is 1.54. The molecule has 5 aliphatic rings. The minimum absolute atomic E-state index is 0.0535. The number of fused-ring (bicyclic) bond motifs is 16. The standard InChI is InChI=1S/C60H43N.C60H51N/c1-59(2)54-25-13-12-23-53(54)58-50(24-15-27-56(58)59)41-30-32-45(33-31-41)61(46-34-36-49-42(38-46)29-28-40-16-9-10-21-48(40)49)47-35-37-52-51-22-11-14-26-55(51)60(57(52)39-47,43-17-5-3-6-18-43)44-19-7-4-8-20-44;1-6-19-44(7-2)60(45-22-10-9-11-23-45)57-29-17-15-27-52(57)54-37-34-48(40-58(54)60)61(47-33-36-50-43(39-47)32-31-42-21-12-13-25-49(42)50)46-24-18-20-41(38-46)30-35-53-51-26-14-16-28-56(51)59(4,5)55(53)8-3/h3-39H,1-2H3;6-11,13-20,22-40H,3,12,21H2,1-2,4-5H3/b;19-6-,35-30+,44-7+. The van der Waals surface area contributed by atoms with Crippen molar-refractivity contribution in [1.82, 2.24) is 0 Å². The third kappa shape index (κ3) is 11.9. The molecule has 1 atom stereocenters. The van der Waals surface area contributed by atoms with E-state index < -0.39 is 10.8 Å². The van der Waals surface area contributed by atoms with Gasteiger partial charge in [0.15, 0.2) is 0 Å². The Hall–Kier alpha value is -14.4. The number of benzene rings is 17. The second kappa shape index (κ2) is 30.1. The van der Waals surface area contributed by atoms with Crippen LogP contribution in [0.1, 0.15) is 126 Å². The summed E-state index contributed by atoms with van der Waals surface area (Å²) in [7, 11) is 0. The number of allylic oxidation sites excluding steroid dienone is 9. The Bertz CT molecular complexity index is 7180. The molecule has 22 rings (SSSR count). The van der Waals surface area contributed by atoms with E-state index in [-0.39, 0.29) is 10.8 Å². The Morgan fingerprint density at radius 3 is 1.52 bits per heavy atom. The zero-order valence-electron chi connectivity index (χ0n) is 69.9. The second-order valence-electron chi connectivity index (χ2n) is 34.3. The molecule has 17 aromatic rings. The molecule has 0 aliphatic heterocycles. The number of anilines is 6. The zero-order valence-corrected chi connectivity index (χ0v) is 69.9. The van der Waals surface area contributed by atoms with E-state index in [1.165, 1.54) is 166 Å². The van der Waals surface area contributed by atoms with Crippen molar-refractivity contribution in [3.8, 4) is 44.5 Å². The maximum atomic E-state index is 4.26. The fourth-order valence-corrected chi connectivity index (χ4v) is 21.7. The van der Waals surface area contributed by atoms with Crippen LogP contribution in [0.15, 0.2) is 430 Å². The van der Waals surface area contributed by atoms with Gasteiger partial charge in [-0.25, -0.2) is 0 Å². The van der Waals surface area contributed by atoms with Gasteiger partial charge in [0.25, 0.3) is 0 Å². The van der Waals surface area contributed by atoms with Gasteiger partial charge >= 0.3 is 0 Å². The molecule has 0 fully saturated rings. The third-order valence-corrected chi connectivity index (χ3v) is 27.2. The normalized spacial score (nSPS) is 15.7. The van der Waals surface area contributed by atoms with Crippen LogP contribution in [0.2, 0.25) is 0 Å². The van der Waals surface area contributed by atoms with Crippen molar-refractivity contribution in [3.63, 3.8) is 0 Å². The summed E-state index contributed by atoms with van der Waals surface area (Å²) in [5.74, 6) is 0. The lowest BCUT2D eigenvalue weighted by Gasteiger charge is -2.35. The van der Waals surface area contributed by atoms with E-state index in [4.69, 9.17) is 0 Å². The van der Waals surface area contributed by atoms with Gasteiger partial charge in [0, 0.05) is 45.0 Å². The Morgan fingerprint density at radius 1 is 0.344 bits per heavy atom. The topological polar surface area (TPSA) is 6.48 Å². The summed E-state index contributed by atoms with van der Waals surface area (Å²) in [6.07, 6.45) is 20.2. The number of hydrogen-bond acceptors (Lipinski definition) is 2. The molecule has 0 aromatic heterocycles. The largest absolute Gasteiger partial charge is 0.310 e. The van der Waals surface area contributed by atoms with E-state index in [0.29, 0.717) is 0 Å². The van der Waals surface area contributed by atoms with E-state index >= 15 is 0 Å². The SMILES string of the molecule is C=CC1=C(/C=C/c2cccc(N(c3ccc4c(c3)C(C(/C=C\C)=C/C)(c3ccccc3)c3ccccc3-4)c3ccc4c5c(ccc4c3)CCC=C5)c2)c2ccccc2C1(C)C.CC1(C)c2ccccc2-c2c(-c3ccc(N(c4ccc5c(c4)C(c4ccccc4)(c4ccccc4)c4ccccc4-5)c4ccc5c(ccc6ccccc65)c4)cc3)cccc21. The first-order chi connectivity index (χ1) is 59.9. The van der Waals surface area contributed by atoms with Gasteiger partial charge in [-0.1, -0.05) is 386 Å². The van der Waals surface area contributed by atoms with Crippen molar-refractivity contribution in [2.75, 3.05) is 9.80 Å². The van der Waals surface area contributed by atoms with Gasteiger partial charge in [-0.15, -0.1) is 0 Å². The van der Waals surface area contributed by atoms with Crippen molar-refractivity contribution < 1.29 is 0 Å². The molecule has 2 nitrogen and oxygen atoms in total. The minimum Gasteiger partial charge on any atom is -0.310 e. The van der Waals surface area contributed by atoms with E-state index in [0.717, 1.165) is 52.5 Å². The van der Waals surface area contributed by atoms with Crippen molar-refractivity contribution in [3.05, 3.63) is 508 Å². The van der Waals surface area contributed by atoms with Crippen LogP contribution in [-0.4, -0.2) is 0 Å². The molecule has 0 saturated heterocycles. The van der Waals surface area contributed by atoms with E-state index in [1.807, 2.05) is 6.08 Å². The number of nitrogens with zero attached hydrogens (tertiary/aromatic N) is 2. The molecule has 17 aromatic carbocycles. The van der Waals surface area contributed by atoms with Gasteiger partial charge in [-0.3, -0.25) is 0 Å². The Labute approximate surface area is 717 Å². The molecule has 5 aliphatic carbocycles. The van der Waals surface area contributed by atoms with Crippen LogP contribution in [0.25, 0.3) is 94.6 Å². The molecule has 0 amide bonds. The number of rotatable bonds is 15. The summed E-state index contributed by atoms with van der Waals surface area (Å²) in [4.78, 5) is 4.91. The molecule has 584 valence electrons. The summed E-state index contributed by atoms with van der Waals surface area (Å²) >= 11 is 0. The summed E-state index contributed by atoms with van der Waals surface area (Å²) in [6, 6.07) is 140. The van der Waals surface area contributed by atoms with Gasteiger partial charge in [0.2, 0.25) is 0 Å². The fraction of sp³-hybridized carbons (Fsp3) is 0.100. The molecule has 0 radical (unpaired) electrons. The smallest absolute Gasteiger partial charge is 0.0714 e. The highest BCUT2D eigenvalue weighted by molar-refractivity contribution is 6.09. The molecule has 2 heteroatoms. The summed E-state index contributed by atoms with van der Waals surface area (Å²) in [5.41, 5.74) is 37.9. The summed E-state index contributed by atoms with van der Waals surface area (Å²) in [6.45, 7) is 17.9. The highest BCUT2D eigenvalue weighted by Crippen LogP contribution is 2.61. The van der Waals surface area contributed by atoms with Crippen LogP contribution in [0.4, 0.5) is 34.1 Å². The molecule has 0 N–H and O–H groups in total. The molecule has 122 heavy (non-hydrogen) atoms. The van der Waals surface area contributed by atoms with Crippen molar-refractivity contribution in [1.29, 1.82) is 0 Å². The van der Waals surface area contributed by atoms with Crippen molar-refractivity contribution in [2.24, 2.45) is 0 Å². The molecule has 0 bridgehead atoms. The van der Waals surface area contributed by atoms with Crippen LogP contribution in [0, 0.1) is 0 Å². The van der Waals surface area contributed by atoms with Gasteiger partial charge in [0.05, 0.1) is 10.8 Å². The summed E-state index contributed by atoms with van der Waals surface area (Å²) < 4.78 is 0. The monoisotopic (exact) mass is 1560 g/mol. The zero-order chi connectivity index (χ0) is 82.4. The first kappa shape index (κ1) is 75.1. The lowest BCUT2D eigenvalue weighted by atomic mass is 9.67. The maximum absolute atomic E-state index is 4.26. The minimum atomic E-state index is -0.503. The third-order valence-electron chi connectivity index (χ3n) is 27.2. The predicted molar refractivity (Wildman–Crippen MR) is 518 cm³/mol. The molecule has 0 heterocycles. The molecule has 0 spiro atoms. The van der Waals surface area contributed by atoms with Gasteiger partial charge in [-0.05, 0) is 271 Å². The van der Waals surface area contributed by atoms with Crippen LogP contribution in [-0.2, 0) is 28.1 Å². The second-order valence-corrected chi connectivity index (χ2v) is 34.3. The Kier molecular flexibility index (Phi) is 18.5. The van der Waals surface area contributed by atoms with Crippen LogP contribution >= 0.6 is 0 Å².